The number of hydrogen-bond acceptors (Lipinski definition) is 8. The molecule has 1 saturated carbocycles. The molecule has 2 amide bonds. The number of carbonyl (C=O) groups is 3. The van der Waals surface area contributed by atoms with Gasteiger partial charge in [0.15, 0.2) is 0 Å². The molecule has 5 rings (SSSR count). The maximum Gasteiger partial charge on any atom is 0.573 e. The van der Waals surface area contributed by atoms with Gasteiger partial charge in [-0.2, -0.15) is 0 Å². The molecule has 1 aromatic heterocycles. The second-order valence-electron chi connectivity index (χ2n) is 13.7. The summed E-state index contributed by atoms with van der Waals surface area (Å²) in [5.41, 5.74) is 0.418. The first-order valence-corrected chi connectivity index (χ1v) is 16.2. The molecular weight excluding hydrogens is 605 g/mol. The molecule has 3 heterocycles. The van der Waals surface area contributed by atoms with Gasteiger partial charge in [0.25, 0.3) is 0 Å². The Bertz CT molecular complexity index is 1430. The highest BCUT2D eigenvalue weighted by atomic mass is 19.4. The number of ether oxygens (including phenoxy) is 3. The van der Waals surface area contributed by atoms with Crippen molar-refractivity contribution in [3.05, 3.63) is 23.9 Å². The maximum absolute atomic E-state index is 14.1. The third-order valence-corrected chi connectivity index (χ3v) is 9.43. The Hall–Kier alpha value is -3.64. The standard InChI is InChI=1S/C33H43F3N4O6/c1-5-21-25(18-41)40-17-27(21)44-29-23(37-22-15-14-20(16-24(22)38-29)46-33(34,35)36)12-8-6-7-10-19-11-9-13-26(19)45-31(43)39-28(30(40)42)32(2,3)4/h14-16,18-19,21,25-28H,5-13,17H2,1-4H3,(H,39,43)/t19-,21+,25-,26-,27+,28-/m1/s1. The van der Waals surface area contributed by atoms with Crippen LogP contribution in [0.4, 0.5) is 18.0 Å². The van der Waals surface area contributed by atoms with Crippen molar-refractivity contribution in [2.24, 2.45) is 17.3 Å². The van der Waals surface area contributed by atoms with E-state index in [0.29, 0.717) is 24.1 Å². The number of alkyl carbamates (subject to hydrolysis) is 1. The van der Waals surface area contributed by atoms with Crippen LogP contribution in [0.5, 0.6) is 11.6 Å². The van der Waals surface area contributed by atoms with E-state index in [4.69, 9.17) is 14.5 Å². The number of hydrogen-bond donors (Lipinski definition) is 1. The average Bonchev–Trinajstić information content (AvgIpc) is 3.56. The minimum Gasteiger partial charge on any atom is -0.471 e. The summed E-state index contributed by atoms with van der Waals surface area (Å²) < 4.78 is 55.3. The minimum atomic E-state index is -4.87. The highest BCUT2D eigenvalue weighted by Crippen LogP contribution is 2.36. The Morgan fingerprint density at radius 1 is 1.00 bits per heavy atom. The molecule has 0 radical (unpaired) electrons. The highest BCUT2D eigenvalue weighted by molar-refractivity contribution is 5.89. The predicted octanol–water partition coefficient (Wildman–Crippen LogP) is 6.14. The zero-order valence-corrected chi connectivity index (χ0v) is 26.8. The molecule has 1 N–H and O–H groups in total. The van der Waals surface area contributed by atoms with Crippen LogP contribution in [0.25, 0.3) is 11.0 Å². The lowest BCUT2D eigenvalue weighted by atomic mass is 9.85. The van der Waals surface area contributed by atoms with Crippen molar-refractivity contribution in [3.8, 4) is 11.6 Å². The number of nitrogens with zero attached hydrogens (tertiary/aromatic N) is 3. The number of benzene rings is 1. The molecule has 2 aliphatic heterocycles. The summed E-state index contributed by atoms with van der Waals surface area (Å²) >= 11 is 0. The molecule has 10 nitrogen and oxygen atoms in total. The van der Waals surface area contributed by atoms with Gasteiger partial charge in [-0.25, -0.2) is 14.8 Å². The molecule has 3 aliphatic rings. The molecule has 2 aromatic rings. The maximum atomic E-state index is 14.1. The fraction of sp³-hybridized carbons (Fsp3) is 0.667. The topological polar surface area (TPSA) is 120 Å². The number of alkyl halides is 3. The lowest BCUT2D eigenvalue weighted by Crippen LogP contribution is -2.56. The summed E-state index contributed by atoms with van der Waals surface area (Å²) in [4.78, 5) is 50.6. The summed E-state index contributed by atoms with van der Waals surface area (Å²) in [6.45, 7) is 7.45. The van der Waals surface area contributed by atoms with E-state index in [1.54, 1.807) is 0 Å². The molecule has 2 bridgehead atoms. The van der Waals surface area contributed by atoms with E-state index in [1.807, 2.05) is 27.7 Å². The smallest absolute Gasteiger partial charge is 0.471 e. The fourth-order valence-corrected chi connectivity index (χ4v) is 7.06. The van der Waals surface area contributed by atoms with E-state index in [-0.39, 0.29) is 30.0 Å². The molecule has 1 aromatic carbocycles. The number of aryl methyl sites for hydroxylation is 1. The molecule has 2 fully saturated rings. The zero-order valence-electron chi connectivity index (χ0n) is 26.8. The van der Waals surface area contributed by atoms with Crippen LogP contribution in [-0.4, -0.2) is 70.4 Å². The molecule has 0 spiro atoms. The van der Waals surface area contributed by atoms with Gasteiger partial charge in [-0.3, -0.25) is 4.79 Å². The number of fused-ring (bicyclic) bond motifs is 5. The molecule has 1 aliphatic carbocycles. The van der Waals surface area contributed by atoms with Gasteiger partial charge < -0.3 is 29.2 Å². The quantitative estimate of drug-likeness (QED) is 0.395. The number of rotatable bonds is 3. The Kier molecular flexibility index (Phi) is 9.97. The highest BCUT2D eigenvalue weighted by Gasteiger charge is 2.48. The molecule has 1 saturated heterocycles. The van der Waals surface area contributed by atoms with Gasteiger partial charge in [0, 0.05) is 12.0 Å². The Morgan fingerprint density at radius 3 is 2.46 bits per heavy atom. The summed E-state index contributed by atoms with van der Waals surface area (Å²) in [5, 5.41) is 2.82. The van der Waals surface area contributed by atoms with Crippen LogP contribution in [0.2, 0.25) is 0 Å². The zero-order chi connectivity index (χ0) is 33.2. The SMILES string of the molecule is CC[C@@H]1[C@@H]2CN(C(=O)[C@H](C(C)(C)C)NC(=O)O[C@@H]3CCC[C@H]3CCCCCc3nc4ccc(OC(F)(F)F)cc4nc3O2)[C@@H]1C=O. The van der Waals surface area contributed by atoms with E-state index in [0.717, 1.165) is 57.3 Å². The second kappa shape index (κ2) is 13.6. The van der Waals surface area contributed by atoms with Crippen molar-refractivity contribution in [1.82, 2.24) is 20.2 Å². The number of aldehydes is 1. The van der Waals surface area contributed by atoms with Crippen LogP contribution in [0, 0.1) is 17.3 Å². The van der Waals surface area contributed by atoms with E-state index >= 15 is 0 Å². The van der Waals surface area contributed by atoms with Crippen LogP contribution in [-0.2, 0) is 20.7 Å². The van der Waals surface area contributed by atoms with Gasteiger partial charge in [-0.1, -0.05) is 40.5 Å². The van der Waals surface area contributed by atoms with Crippen LogP contribution in [0.1, 0.15) is 84.8 Å². The first kappa shape index (κ1) is 33.7. The average molecular weight is 649 g/mol. The van der Waals surface area contributed by atoms with Gasteiger partial charge in [-0.15, -0.1) is 13.2 Å². The summed E-state index contributed by atoms with van der Waals surface area (Å²) in [6, 6.07) is 2.00. The molecular formula is C33H43F3N4O6. The minimum absolute atomic E-state index is 0.0468. The third-order valence-electron chi connectivity index (χ3n) is 9.43. The van der Waals surface area contributed by atoms with Crippen LogP contribution >= 0.6 is 0 Å². The number of halogens is 3. The lowest BCUT2D eigenvalue weighted by Gasteiger charge is -2.35. The van der Waals surface area contributed by atoms with Crippen LogP contribution in [0.15, 0.2) is 18.2 Å². The van der Waals surface area contributed by atoms with Crippen molar-refractivity contribution < 1.29 is 41.8 Å². The molecule has 46 heavy (non-hydrogen) atoms. The van der Waals surface area contributed by atoms with E-state index < -0.39 is 53.6 Å². The molecule has 252 valence electrons. The Morgan fingerprint density at radius 2 is 1.76 bits per heavy atom. The van der Waals surface area contributed by atoms with Gasteiger partial charge in [0.05, 0.1) is 23.6 Å². The monoisotopic (exact) mass is 648 g/mol. The van der Waals surface area contributed by atoms with Crippen molar-refractivity contribution >= 4 is 29.3 Å². The van der Waals surface area contributed by atoms with Gasteiger partial charge in [0.1, 0.15) is 36.0 Å². The first-order valence-electron chi connectivity index (χ1n) is 16.2. The van der Waals surface area contributed by atoms with Crippen LogP contribution < -0.4 is 14.8 Å². The van der Waals surface area contributed by atoms with Crippen molar-refractivity contribution in [1.29, 1.82) is 0 Å². The molecule has 6 atom stereocenters. The number of nitrogens with one attached hydrogen (secondary N) is 1. The van der Waals surface area contributed by atoms with Gasteiger partial charge in [0.2, 0.25) is 11.8 Å². The second-order valence-corrected chi connectivity index (χ2v) is 13.7. The van der Waals surface area contributed by atoms with Crippen molar-refractivity contribution in [2.45, 2.75) is 116 Å². The van der Waals surface area contributed by atoms with Crippen molar-refractivity contribution in [3.63, 3.8) is 0 Å². The lowest BCUT2D eigenvalue weighted by molar-refractivity contribution is -0.274. The Balaban J connectivity index is 1.52. The van der Waals surface area contributed by atoms with Crippen molar-refractivity contribution in [2.75, 3.05) is 6.54 Å². The molecule has 13 heteroatoms. The molecule has 0 unspecified atom stereocenters. The largest absolute Gasteiger partial charge is 0.573 e. The van der Waals surface area contributed by atoms with E-state index in [2.05, 4.69) is 15.0 Å². The number of amides is 2. The van der Waals surface area contributed by atoms with Crippen LogP contribution in [0.3, 0.4) is 0 Å². The normalized spacial score (nSPS) is 28.3. The Labute approximate surface area is 266 Å². The third kappa shape index (κ3) is 7.66. The summed E-state index contributed by atoms with van der Waals surface area (Å²) in [5.74, 6) is -0.867. The summed E-state index contributed by atoms with van der Waals surface area (Å²) in [6.07, 6.45) is 1.50. The predicted molar refractivity (Wildman–Crippen MR) is 162 cm³/mol. The summed E-state index contributed by atoms with van der Waals surface area (Å²) in [7, 11) is 0. The van der Waals surface area contributed by atoms with E-state index in [9.17, 15) is 27.6 Å². The fourth-order valence-electron chi connectivity index (χ4n) is 7.06. The number of carbonyl (C=O) groups excluding carboxylic acids is 3. The number of aromatic nitrogens is 2. The first-order chi connectivity index (χ1) is 21.8. The van der Waals surface area contributed by atoms with Gasteiger partial charge >= 0.3 is 12.5 Å². The van der Waals surface area contributed by atoms with E-state index in [1.165, 1.54) is 17.0 Å². The van der Waals surface area contributed by atoms with Gasteiger partial charge in [-0.05, 0) is 68.4 Å².